The van der Waals surface area contributed by atoms with Crippen LogP contribution in [0.15, 0.2) is 0 Å². The molecule has 0 spiro atoms. The van der Waals surface area contributed by atoms with Crippen molar-refractivity contribution >= 4 is 42.2 Å². The van der Waals surface area contributed by atoms with E-state index in [0.29, 0.717) is 32.4 Å². The van der Waals surface area contributed by atoms with Crippen LogP contribution >= 0.6 is 12.6 Å². The first-order chi connectivity index (χ1) is 20.5. The van der Waals surface area contributed by atoms with E-state index in [2.05, 4.69) is 47.7 Å². The Bertz CT molecular complexity index is 918. The van der Waals surface area contributed by atoms with Crippen molar-refractivity contribution in [2.45, 2.75) is 138 Å². The molecule has 0 aromatic heterocycles. The van der Waals surface area contributed by atoms with E-state index in [9.17, 15) is 24.0 Å². The second-order valence-electron chi connectivity index (χ2n) is 13.8. The van der Waals surface area contributed by atoms with Crippen molar-refractivity contribution in [3.8, 4) is 0 Å². The fraction of sp³-hybridized carbons (Fsp3) is 0.844. The normalized spacial score (nSPS) is 17.0. The van der Waals surface area contributed by atoms with Crippen LogP contribution in [0.4, 0.5) is 4.79 Å². The Hall–Kier alpha value is -2.34. The zero-order valence-electron chi connectivity index (χ0n) is 28.8. The Morgan fingerprint density at radius 3 is 2.02 bits per heavy atom. The van der Waals surface area contributed by atoms with Crippen LogP contribution in [-0.2, 0) is 19.2 Å². The first kappa shape index (κ1) is 41.7. The summed E-state index contributed by atoms with van der Waals surface area (Å²) in [6.07, 6.45) is 5.96. The maximum atomic E-state index is 13.8. The summed E-state index contributed by atoms with van der Waals surface area (Å²) < 4.78 is 0. The standard InChI is InChI=1S/C29H54N6O5S.C3H8/c1-8-9-13-19(22(36)24(30)37)32-25(38)20-14-12-16-35(20)26(39)23(29(5,6)7)34-27(40)33-21(28(2,3)4)18-31-15-10-11-17-41;1-3-2/h19-21,23,31,41H,8-18H2,1-7H3,(H2,30,37)(H,32,38)(H2,33,34,40);3H2,1-2H3. The van der Waals surface area contributed by atoms with Crippen LogP contribution in [0.5, 0.6) is 0 Å². The van der Waals surface area contributed by atoms with Gasteiger partial charge in [-0.3, -0.25) is 19.2 Å². The predicted molar refractivity (Wildman–Crippen MR) is 180 cm³/mol. The molecule has 1 aliphatic heterocycles. The topological polar surface area (TPSA) is 163 Å². The molecule has 4 unspecified atom stereocenters. The van der Waals surface area contributed by atoms with Gasteiger partial charge in [0.05, 0.1) is 6.04 Å². The monoisotopic (exact) mass is 642 g/mol. The molecule has 0 bridgehead atoms. The molecular formula is C32H62N6O5S. The van der Waals surface area contributed by atoms with Gasteiger partial charge in [0.2, 0.25) is 17.6 Å². The lowest BCUT2D eigenvalue weighted by atomic mass is 9.85. The number of ketones is 1. The lowest BCUT2D eigenvalue weighted by Crippen LogP contribution is -2.61. The summed E-state index contributed by atoms with van der Waals surface area (Å²) in [7, 11) is 0. The number of nitrogens with zero attached hydrogens (tertiary/aromatic N) is 1. The second-order valence-corrected chi connectivity index (χ2v) is 14.2. The van der Waals surface area contributed by atoms with Crippen molar-refractivity contribution < 1.29 is 24.0 Å². The quantitative estimate of drug-likeness (QED) is 0.0857. The molecule has 0 aliphatic carbocycles. The van der Waals surface area contributed by atoms with Crippen molar-refractivity contribution in [1.29, 1.82) is 0 Å². The van der Waals surface area contributed by atoms with E-state index in [1.807, 2.05) is 48.5 Å². The van der Waals surface area contributed by atoms with E-state index in [4.69, 9.17) is 5.73 Å². The molecule has 44 heavy (non-hydrogen) atoms. The van der Waals surface area contributed by atoms with Gasteiger partial charge in [-0.1, -0.05) is 81.6 Å². The van der Waals surface area contributed by atoms with Crippen molar-refractivity contribution in [3.63, 3.8) is 0 Å². The molecule has 0 aromatic rings. The Morgan fingerprint density at radius 2 is 1.52 bits per heavy atom. The van der Waals surface area contributed by atoms with E-state index >= 15 is 0 Å². The van der Waals surface area contributed by atoms with Crippen LogP contribution in [0.25, 0.3) is 0 Å². The van der Waals surface area contributed by atoms with Gasteiger partial charge in [0.15, 0.2) is 0 Å². The van der Waals surface area contributed by atoms with Crippen LogP contribution in [0.1, 0.15) is 114 Å². The third-order valence-corrected chi connectivity index (χ3v) is 7.73. The number of likely N-dealkylation sites (tertiary alicyclic amines) is 1. The fourth-order valence-corrected chi connectivity index (χ4v) is 4.97. The minimum absolute atomic E-state index is 0.192. The molecule has 0 saturated carbocycles. The number of unbranched alkanes of at least 4 members (excludes halogenated alkanes) is 2. The molecule has 1 aliphatic rings. The number of hydrogen-bond acceptors (Lipinski definition) is 7. The molecule has 1 fully saturated rings. The number of rotatable bonds is 16. The highest BCUT2D eigenvalue weighted by Crippen LogP contribution is 2.26. The van der Waals surface area contributed by atoms with Gasteiger partial charge in [-0.15, -0.1) is 0 Å². The van der Waals surface area contributed by atoms with E-state index in [1.165, 1.54) is 11.3 Å². The lowest BCUT2D eigenvalue weighted by molar-refractivity contribution is -0.143. The first-order valence-electron chi connectivity index (χ1n) is 16.3. The van der Waals surface area contributed by atoms with E-state index in [1.54, 1.807) is 0 Å². The van der Waals surface area contributed by atoms with Crippen molar-refractivity contribution in [1.82, 2.24) is 26.2 Å². The third-order valence-electron chi connectivity index (χ3n) is 7.41. The summed E-state index contributed by atoms with van der Waals surface area (Å²) >= 11 is 4.24. The molecule has 4 atom stereocenters. The summed E-state index contributed by atoms with van der Waals surface area (Å²) in [5.41, 5.74) is 4.32. The third kappa shape index (κ3) is 15.1. The van der Waals surface area contributed by atoms with E-state index < -0.39 is 47.2 Å². The second kappa shape index (κ2) is 20.6. The SMILES string of the molecule is CCC.CCCCC(NC(=O)C1CCCN1C(=O)C(NC(=O)NC(CNCCCCS)C(C)(C)C)C(C)(C)C)C(=O)C(N)=O. The molecule has 5 amide bonds. The van der Waals surface area contributed by atoms with Crippen molar-refractivity contribution in [3.05, 3.63) is 0 Å². The van der Waals surface area contributed by atoms with Crippen molar-refractivity contribution in [2.75, 3.05) is 25.4 Å². The van der Waals surface area contributed by atoms with Gasteiger partial charge in [0.25, 0.3) is 5.91 Å². The molecular weight excluding hydrogens is 580 g/mol. The highest BCUT2D eigenvalue weighted by Gasteiger charge is 2.43. The van der Waals surface area contributed by atoms with Gasteiger partial charge in [0, 0.05) is 19.1 Å². The van der Waals surface area contributed by atoms with Crippen LogP contribution in [-0.4, -0.2) is 84.0 Å². The van der Waals surface area contributed by atoms with Gasteiger partial charge in [0.1, 0.15) is 12.1 Å². The summed E-state index contributed by atoms with van der Waals surface area (Å²) in [4.78, 5) is 65.6. The van der Waals surface area contributed by atoms with Crippen LogP contribution < -0.4 is 27.0 Å². The van der Waals surface area contributed by atoms with Crippen LogP contribution in [0.2, 0.25) is 0 Å². The number of carbonyl (C=O) groups is 5. The smallest absolute Gasteiger partial charge is 0.315 e. The molecule has 0 aromatic carbocycles. The minimum Gasteiger partial charge on any atom is -0.363 e. The summed E-state index contributed by atoms with van der Waals surface area (Å²) in [5.74, 6) is -1.99. The van der Waals surface area contributed by atoms with Crippen LogP contribution in [0, 0.1) is 10.8 Å². The Balaban J connectivity index is 0.00000590. The molecule has 1 saturated heterocycles. The summed E-state index contributed by atoms with van der Waals surface area (Å²) in [5, 5.41) is 12.0. The number of nitrogens with one attached hydrogen (secondary N) is 4. The van der Waals surface area contributed by atoms with Gasteiger partial charge >= 0.3 is 6.03 Å². The largest absolute Gasteiger partial charge is 0.363 e. The van der Waals surface area contributed by atoms with E-state index in [0.717, 1.165) is 31.6 Å². The number of urea groups is 1. The Labute approximate surface area is 271 Å². The molecule has 0 radical (unpaired) electrons. The number of primary amides is 1. The molecule has 256 valence electrons. The Morgan fingerprint density at radius 1 is 0.909 bits per heavy atom. The maximum Gasteiger partial charge on any atom is 0.315 e. The number of hydrogen-bond donors (Lipinski definition) is 6. The average Bonchev–Trinajstić information content (AvgIpc) is 3.42. The van der Waals surface area contributed by atoms with Gasteiger partial charge in [-0.25, -0.2) is 4.79 Å². The predicted octanol–water partition coefficient (Wildman–Crippen LogP) is 3.55. The highest BCUT2D eigenvalue weighted by molar-refractivity contribution is 7.80. The van der Waals surface area contributed by atoms with Crippen LogP contribution in [0.3, 0.4) is 0 Å². The number of thiol groups is 1. The Kier molecular flexibility index (Phi) is 19.5. The first-order valence-corrected chi connectivity index (χ1v) is 16.9. The molecule has 1 rings (SSSR count). The molecule has 11 nitrogen and oxygen atoms in total. The van der Waals surface area contributed by atoms with Gasteiger partial charge in [-0.2, -0.15) is 12.6 Å². The lowest BCUT2D eigenvalue weighted by Gasteiger charge is -2.37. The summed E-state index contributed by atoms with van der Waals surface area (Å²) in [6, 6.07) is -3.39. The minimum atomic E-state index is -1.10. The number of Topliss-reactive ketones (excluding diaryl/α,β-unsaturated/α-hetero) is 1. The number of carbonyl (C=O) groups excluding carboxylic acids is 5. The highest BCUT2D eigenvalue weighted by atomic mass is 32.1. The average molecular weight is 643 g/mol. The van der Waals surface area contributed by atoms with Gasteiger partial charge < -0.3 is 31.9 Å². The zero-order valence-corrected chi connectivity index (χ0v) is 29.7. The van der Waals surface area contributed by atoms with Crippen molar-refractivity contribution in [2.24, 2.45) is 16.6 Å². The number of nitrogens with two attached hydrogens (primary N) is 1. The fourth-order valence-electron chi connectivity index (χ4n) is 4.75. The molecule has 6 N–H and O–H groups in total. The molecule has 1 heterocycles. The summed E-state index contributed by atoms with van der Waals surface area (Å²) in [6.45, 7) is 19.6. The van der Waals surface area contributed by atoms with Gasteiger partial charge in [-0.05, 0) is 55.2 Å². The number of amides is 5. The zero-order chi connectivity index (χ0) is 34.1. The van der Waals surface area contributed by atoms with E-state index in [-0.39, 0.29) is 23.8 Å². The molecule has 12 heteroatoms. The maximum absolute atomic E-state index is 13.8.